The fourth-order valence-electron chi connectivity index (χ4n) is 2.19. The van der Waals surface area contributed by atoms with E-state index in [2.05, 4.69) is 6.58 Å². The molecule has 0 radical (unpaired) electrons. The highest BCUT2D eigenvalue weighted by molar-refractivity contribution is 5.01. The van der Waals surface area contributed by atoms with Crippen LogP contribution in [0, 0.1) is 0 Å². The molecule has 23 heavy (non-hydrogen) atoms. The summed E-state index contributed by atoms with van der Waals surface area (Å²) in [7, 11) is 0. The summed E-state index contributed by atoms with van der Waals surface area (Å²) in [6, 6.07) is 0. The normalized spacial score (nSPS) is 34.9. The summed E-state index contributed by atoms with van der Waals surface area (Å²) in [5, 5.41) is 48.1. The van der Waals surface area contributed by atoms with Gasteiger partial charge in [0.25, 0.3) is 0 Å². The first-order valence-corrected chi connectivity index (χ1v) is 7.65. The second-order valence-corrected chi connectivity index (χ2v) is 6.16. The Kier molecular flexibility index (Phi) is 7.82. The zero-order valence-corrected chi connectivity index (χ0v) is 13.6. The molecule has 0 unspecified atom stereocenters. The molecule has 1 rings (SSSR count). The van der Waals surface area contributed by atoms with Gasteiger partial charge in [-0.1, -0.05) is 17.7 Å². The van der Waals surface area contributed by atoms with Gasteiger partial charge in [-0.3, -0.25) is 0 Å². The summed E-state index contributed by atoms with van der Waals surface area (Å²) in [6.45, 7) is 6.72. The first-order valence-electron chi connectivity index (χ1n) is 7.65. The fourth-order valence-corrected chi connectivity index (χ4v) is 2.19. The smallest absolute Gasteiger partial charge is 0.187 e. The third kappa shape index (κ3) is 5.96. The van der Waals surface area contributed by atoms with Gasteiger partial charge < -0.3 is 35.0 Å². The average Bonchev–Trinajstić information content (AvgIpc) is 2.52. The Bertz CT molecular complexity index is 405. The van der Waals surface area contributed by atoms with Gasteiger partial charge in [0.05, 0.1) is 18.8 Å². The van der Waals surface area contributed by atoms with Crippen molar-refractivity contribution in [2.45, 2.75) is 63.0 Å². The van der Waals surface area contributed by atoms with Crippen molar-refractivity contribution < 1.29 is 35.0 Å². The summed E-state index contributed by atoms with van der Waals surface area (Å²) in [5.74, 6) is 0. The molecule has 0 saturated carbocycles. The third-order valence-electron chi connectivity index (χ3n) is 3.91. The van der Waals surface area contributed by atoms with Crippen LogP contribution in [-0.2, 0) is 9.47 Å². The predicted octanol–water partition coefficient (Wildman–Crippen LogP) is -0.534. The van der Waals surface area contributed by atoms with Gasteiger partial charge in [0.1, 0.15) is 24.4 Å². The minimum atomic E-state index is -1.45. The van der Waals surface area contributed by atoms with E-state index < -0.39 is 42.9 Å². The van der Waals surface area contributed by atoms with Crippen LogP contribution in [0.3, 0.4) is 0 Å². The quantitative estimate of drug-likeness (QED) is 0.379. The number of rotatable bonds is 8. The molecule has 7 nitrogen and oxygen atoms in total. The number of ether oxygens (including phenoxy) is 2. The fraction of sp³-hybridized carbons (Fsp3) is 0.750. The molecular formula is C16H28O7. The van der Waals surface area contributed by atoms with Crippen molar-refractivity contribution in [2.24, 2.45) is 0 Å². The summed E-state index contributed by atoms with van der Waals surface area (Å²) in [4.78, 5) is 0. The highest BCUT2D eigenvalue weighted by atomic mass is 16.7. The lowest BCUT2D eigenvalue weighted by molar-refractivity contribution is -0.299. The molecule has 6 atom stereocenters. The number of aliphatic hydroxyl groups excluding tert-OH is 4. The lowest BCUT2D eigenvalue weighted by Gasteiger charge is -2.39. The molecule has 0 aromatic heterocycles. The number of hydrogen-bond donors (Lipinski definition) is 5. The Labute approximate surface area is 136 Å². The molecule has 0 spiro atoms. The third-order valence-corrected chi connectivity index (χ3v) is 3.91. The van der Waals surface area contributed by atoms with Crippen LogP contribution >= 0.6 is 0 Å². The van der Waals surface area contributed by atoms with Crippen molar-refractivity contribution in [1.29, 1.82) is 0 Å². The van der Waals surface area contributed by atoms with Crippen LogP contribution in [0.15, 0.2) is 24.3 Å². The van der Waals surface area contributed by atoms with Gasteiger partial charge >= 0.3 is 0 Å². The second kappa shape index (κ2) is 8.89. The van der Waals surface area contributed by atoms with E-state index in [-0.39, 0.29) is 6.61 Å². The first kappa shape index (κ1) is 20.2. The minimum absolute atomic E-state index is 0.152. The lowest BCUT2D eigenvalue weighted by Crippen LogP contribution is -2.59. The van der Waals surface area contributed by atoms with Gasteiger partial charge in [0, 0.05) is 0 Å². The standard InChI is InChI=1S/C16H28O7/c1-4-16(3,21)7-5-6-10(2)9-22-15-14(20)13(19)12(18)11(8-17)23-15/h4,6,11-15,17-21H,1,5,7-9H2,2-3H3/b10-6-/t11-,12-,13+,14-,15-,16+/m1/s1. The number of hydrogen-bond acceptors (Lipinski definition) is 7. The Morgan fingerprint density at radius 2 is 1.91 bits per heavy atom. The maximum absolute atomic E-state index is 9.84. The molecule has 0 aliphatic carbocycles. The summed E-state index contributed by atoms with van der Waals surface area (Å²) < 4.78 is 10.7. The molecule has 7 heteroatoms. The SMILES string of the molecule is C=C[C@](C)(O)CC/C=C(/C)CO[C@@H]1O[C@H](CO)[C@@H](O)[C@H](O)[C@H]1O. The highest BCUT2D eigenvalue weighted by Crippen LogP contribution is 2.22. The van der Waals surface area contributed by atoms with Gasteiger partial charge in [-0.15, -0.1) is 6.58 Å². The molecule has 1 heterocycles. The van der Waals surface area contributed by atoms with E-state index in [1.807, 2.05) is 13.0 Å². The van der Waals surface area contributed by atoms with E-state index in [1.54, 1.807) is 6.92 Å². The molecular weight excluding hydrogens is 304 g/mol. The maximum atomic E-state index is 9.84. The Morgan fingerprint density at radius 1 is 1.26 bits per heavy atom. The molecule has 134 valence electrons. The van der Waals surface area contributed by atoms with Crippen molar-refractivity contribution in [2.75, 3.05) is 13.2 Å². The molecule has 1 aliphatic rings. The molecule has 0 aromatic rings. The van der Waals surface area contributed by atoms with Gasteiger partial charge in [-0.2, -0.15) is 0 Å². The first-order chi connectivity index (χ1) is 10.7. The largest absolute Gasteiger partial charge is 0.394 e. The minimum Gasteiger partial charge on any atom is -0.394 e. The van der Waals surface area contributed by atoms with E-state index in [0.29, 0.717) is 12.8 Å². The van der Waals surface area contributed by atoms with Crippen molar-refractivity contribution >= 4 is 0 Å². The monoisotopic (exact) mass is 332 g/mol. The van der Waals surface area contributed by atoms with Crippen LogP contribution in [-0.4, -0.2) is 75.1 Å². The zero-order valence-electron chi connectivity index (χ0n) is 13.6. The average molecular weight is 332 g/mol. The van der Waals surface area contributed by atoms with Crippen LogP contribution in [0.4, 0.5) is 0 Å². The van der Waals surface area contributed by atoms with Crippen molar-refractivity contribution in [3.63, 3.8) is 0 Å². The van der Waals surface area contributed by atoms with Gasteiger partial charge in [0.2, 0.25) is 0 Å². The van der Waals surface area contributed by atoms with Crippen LogP contribution < -0.4 is 0 Å². The molecule has 5 N–H and O–H groups in total. The summed E-state index contributed by atoms with van der Waals surface area (Å²) in [6.07, 6.45) is -1.83. The Balaban J connectivity index is 2.48. The molecule has 1 saturated heterocycles. The van der Waals surface area contributed by atoms with Crippen molar-refractivity contribution in [1.82, 2.24) is 0 Å². The number of aliphatic hydroxyl groups is 5. The second-order valence-electron chi connectivity index (χ2n) is 6.16. The molecule has 0 amide bonds. The molecule has 1 fully saturated rings. The van der Waals surface area contributed by atoms with E-state index in [1.165, 1.54) is 6.08 Å². The van der Waals surface area contributed by atoms with Crippen molar-refractivity contribution in [3.8, 4) is 0 Å². The highest BCUT2D eigenvalue weighted by Gasteiger charge is 2.43. The maximum Gasteiger partial charge on any atom is 0.187 e. The molecule has 0 aromatic carbocycles. The van der Waals surface area contributed by atoms with E-state index in [4.69, 9.17) is 14.6 Å². The van der Waals surface area contributed by atoms with E-state index in [9.17, 15) is 20.4 Å². The summed E-state index contributed by atoms with van der Waals surface area (Å²) in [5.41, 5.74) is -0.0589. The number of allylic oxidation sites excluding steroid dienone is 1. The Morgan fingerprint density at radius 3 is 2.48 bits per heavy atom. The molecule has 1 aliphatic heterocycles. The lowest BCUT2D eigenvalue weighted by atomic mass is 9.99. The van der Waals surface area contributed by atoms with Gasteiger partial charge in [0.15, 0.2) is 6.29 Å². The zero-order chi connectivity index (χ0) is 17.6. The summed E-state index contributed by atoms with van der Waals surface area (Å²) >= 11 is 0. The van der Waals surface area contributed by atoms with Crippen LogP contribution in [0.25, 0.3) is 0 Å². The predicted molar refractivity (Wildman–Crippen MR) is 83.5 cm³/mol. The Hall–Kier alpha value is -0.800. The molecule has 0 bridgehead atoms. The van der Waals surface area contributed by atoms with Crippen LogP contribution in [0.1, 0.15) is 26.7 Å². The van der Waals surface area contributed by atoms with Crippen LogP contribution in [0.5, 0.6) is 0 Å². The van der Waals surface area contributed by atoms with Crippen LogP contribution in [0.2, 0.25) is 0 Å². The topological polar surface area (TPSA) is 120 Å². The van der Waals surface area contributed by atoms with Gasteiger partial charge in [-0.05, 0) is 26.7 Å². The van der Waals surface area contributed by atoms with Gasteiger partial charge in [-0.25, -0.2) is 0 Å². The van der Waals surface area contributed by atoms with E-state index in [0.717, 1.165) is 5.57 Å². The van der Waals surface area contributed by atoms with E-state index >= 15 is 0 Å². The van der Waals surface area contributed by atoms with Crippen molar-refractivity contribution in [3.05, 3.63) is 24.3 Å².